The summed E-state index contributed by atoms with van der Waals surface area (Å²) in [6, 6.07) is 6.48. The predicted octanol–water partition coefficient (Wildman–Crippen LogP) is 4.32. The fraction of sp³-hybridized carbons (Fsp3) is 0.571. The van der Waals surface area contributed by atoms with Gasteiger partial charge in [-0.25, -0.2) is 0 Å². The van der Waals surface area contributed by atoms with Crippen LogP contribution >= 0.6 is 0 Å². The smallest absolute Gasteiger partial charge is 0.0347 e. The van der Waals surface area contributed by atoms with Crippen LogP contribution in [0.1, 0.15) is 51.7 Å². The molecule has 0 aromatic heterocycles. The summed E-state index contributed by atoms with van der Waals surface area (Å²) in [6.45, 7) is 10.5. The number of hydrogen-bond acceptors (Lipinski definition) is 0. The lowest BCUT2D eigenvalue weighted by Crippen LogP contribution is -2.01. The molecule has 0 fully saturated rings. The van der Waals surface area contributed by atoms with Gasteiger partial charge in [-0.15, -0.1) is 0 Å². The average molecular weight is 192 g/mol. The van der Waals surface area contributed by atoms with E-state index >= 15 is 0 Å². The second kappa shape index (κ2) is 4.63. The second-order valence-electron chi connectivity index (χ2n) is 4.76. The standard InChI is InChI=1S/C14H22/c1-10(2)8-13-7-6-12(5)9-14(13)11(3)4/h6-7,9-11H,8H2,1-5H3/i11T. The van der Waals surface area contributed by atoms with E-state index in [1.165, 1.54) is 16.7 Å². The summed E-state index contributed by atoms with van der Waals surface area (Å²) in [5.74, 6) is 0.157. The van der Waals surface area contributed by atoms with Gasteiger partial charge in [0.05, 0.1) is 0 Å². The first-order valence-electron chi connectivity index (χ1n) is 5.90. The average Bonchev–Trinajstić information content (AvgIpc) is 2.05. The van der Waals surface area contributed by atoms with Gasteiger partial charge in [0.25, 0.3) is 0 Å². The highest BCUT2D eigenvalue weighted by molar-refractivity contribution is 5.34. The maximum atomic E-state index is 8.15. The van der Waals surface area contributed by atoms with Crippen molar-refractivity contribution in [1.29, 1.82) is 0 Å². The highest BCUT2D eigenvalue weighted by atomic mass is 14.1. The molecule has 0 aliphatic heterocycles. The highest BCUT2D eigenvalue weighted by Crippen LogP contribution is 2.23. The summed E-state index contributed by atoms with van der Waals surface area (Å²) < 4.78 is 8.15. The maximum absolute atomic E-state index is 8.15. The number of rotatable bonds is 3. The molecule has 1 aromatic carbocycles. The molecule has 0 bridgehead atoms. The molecular formula is C14H22. The fourth-order valence-electron chi connectivity index (χ4n) is 1.77. The van der Waals surface area contributed by atoms with Crippen LogP contribution in [0.5, 0.6) is 0 Å². The van der Waals surface area contributed by atoms with Gasteiger partial charge in [0.1, 0.15) is 0 Å². The molecule has 0 N–H and O–H groups in total. The minimum absolute atomic E-state index is 0.490. The van der Waals surface area contributed by atoms with Crippen LogP contribution in [0.2, 0.25) is 0 Å². The molecule has 0 radical (unpaired) electrons. The molecule has 0 atom stereocenters. The molecule has 0 aliphatic carbocycles. The van der Waals surface area contributed by atoms with Crippen LogP contribution < -0.4 is 0 Å². The Morgan fingerprint density at radius 2 is 1.86 bits per heavy atom. The number of aryl methyl sites for hydroxylation is 1. The van der Waals surface area contributed by atoms with Gasteiger partial charge in [0, 0.05) is 1.37 Å². The molecule has 1 aromatic rings. The molecule has 0 amide bonds. The van der Waals surface area contributed by atoms with Crippen molar-refractivity contribution >= 4 is 0 Å². The largest absolute Gasteiger partial charge is 0.0625 e. The van der Waals surface area contributed by atoms with Crippen molar-refractivity contribution in [1.82, 2.24) is 0 Å². The van der Waals surface area contributed by atoms with Crippen LogP contribution in [0.4, 0.5) is 0 Å². The molecule has 0 spiro atoms. The van der Waals surface area contributed by atoms with Gasteiger partial charge in [-0.05, 0) is 36.3 Å². The van der Waals surface area contributed by atoms with Gasteiger partial charge in [0.15, 0.2) is 0 Å². The van der Waals surface area contributed by atoms with E-state index in [1.807, 2.05) is 13.8 Å². The topological polar surface area (TPSA) is 0 Å². The Bertz CT molecular complexity index is 332. The second-order valence-corrected chi connectivity index (χ2v) is 4.76. The minimum atomic E-state index is -0.490. The summed E-state index contributed by atoms with van der Waals surface area (Å²) in [6.07, 6.45) is 1.07. The van der Waals surface area contributed by atoms with E-state index in [4.69, 9.17) is 1.37 Å². The van der Waals surface area contributed by atoms with Crippen LogP contribution in [0, 0.1) is 12.8 Å². The van der Waals surface area contributed by atoms with E-state index in [0.717, 1.165) is 6.42 Å². The zero-order valence-corrected chi connectivity index (χ0v) is 10.0. The van der Waals surface area contributed by atoms with Crippen LogP contribution in [0.3, 0.4) is 0 Å². The first-order chi connectivity index (χ1) is 6.80. The summed E-state index contributed by atoms with van der Waals surface area (Å²) in [5.41, 5.74) is 3.75. The van der Waals surface area contributed by atoms with E-state index in [2.05, 4.69) is 39.0 Å². The van der Waals surface area contributed by atoms with Crippen molar-refractivity contribution in [2.45, 2.75) is 46.9 Å². The molecule has 0 saturated carbocycles. The van der Waals surface area contributed by atoms with E-state index in [1.54, 1.807) is 0 Å². The van der Waals surface area contributed by atoms with Gasteiger partial charge >= 0.3 is 0 Å². The summed E-state index contributed by atoms with van der Waals surface area (Å²) >= 11 is 0. The SMILES string of the molecule is [3H]C(C)(C)c1cc(C)ccc1CC(C)C. The lowest BCUT2D eigenvalue weighted by atomic mass is 9.90. The van der Waals surface area contributed by atoms with E-state index in [0.29, 0.717) is 5.92 Å². The lowest BCUT2D eigenvalue weighted by molar-refractivity contribution is 0.638. The number of hydrogen-bond donors (Lipinski definition) is 0. The van der Waals surface area contributed by atoms with Crippen LogP contribution in [-0.4, -0.2) is 0 Å². The molecule has 0 heteroatoms. The first kappa shape index (κ1) is 9.76. The predicted molar refractivity (Wildman–Crippen MR) is 63.8 cm³/mol. The third kappa shape index (κ3) is 2.87. The lowest BCUT2D eigenvalue weighted by Gasteiger charge is -2.15. The Kier molecular flexibility index (Phi) is 3.23. The Hall–Kier alpha value is -0.780. The zero-order valence-electron chi connectivity index (χ0n) is 11.0. The summed E-state index contributed by atoms with van der Waals surface area (Å²) in [5, 5.41) is 0. The van der Waals surface area contributed by atoms with Crippen LogP contribution in [0.25, 0.3) is 0 Å². The fourth-order valence-corrected chi connectivity index (χ4v) is 1.77. The van der Waals surface area contributed by atoms with Gasteiger partial charge < -0.3 is 0 Å². The van der Waals surface area contributed by atoms with Gasteiger partial charge in [0.2, 0.25) is 0 Å². The van der Waals surface area contributed by atoms with Crippen molar-refractivity contribution in [2.24, 2.45) is 5.92 Å². The quantitative estimate of drug-likeness (QED) is 0.669. The Morgan fingerprint density at radius 3 is 2.36 bits per heavy atom. The van der Waals surface area contributed by atoms with Crippen molar-refractivity contribution in [3.8, 4) is 0 Å². The van der Waals surface area contributed by atoms with Crippen molar-refractivity contribution in [3.63, 3.8) is 0 Å². The molecule has 14 heavy (non-hydrogen) atoms. The van der Waals surface area contributed by atoms with E-state index in [-0.39, 0.29) is 0 Å². The Morgan fingerprint density at radius 1 is 1.21 bits per heavy atom. The van der Waals surface area contributed by atoms with Crippen molar-refractivity contribution in [2.75, 3.05) is 0 Å². The van der Waals surface area contributed by atoms with Gasteiger partial charge in [-0.3, -0.25) is 0 Å². The van der Waals surface area contributed by atoms with E-state index in [9.17, 15) is 0 Å². The number of benzene rings is 1. The van der Waals surface area contributed by atoms with Crippen LogP contribution in [0.15, 0.2) is 18.2 Å². The first-order valence-corrected chi connectivity index (χ1v) is 5.40. The molecule has 78 valence electrons. The minimum Gasteiger partial charge on any atom is -0.0625 e. The summed E-state index contributed by atoms with van der Waals surface area (Å²) in [7, 11) is 0. The molecule has 0 unspecified atom stereocenters. The van der Waals surface area contributed by atoms with Gasteiger partial charge in [-0.1, -0.05) is 51.5 Å². The molecule has 0 aliphatic rings. The third-order valence-electron chi connectivity index (χ3n) is 2.43. The molecule has 0 saturated heterocycles. The monoisotopic (exact) mass is 192 g/mol. The normalized spacial score (nSPS) is 13.1. The van der Waals surface area contributed by atoms with Crippen molar-refractivity contribution < 1.29 is 1.37 Å². The highest BCUT2D eigenvalue weighted by Gasteiger charge is 2.07. The molecular weight excluding hydrogens is 168 g/mol. The van der Waals surface area contributed by atoms with E-state index < -0.39 is 5.89 Å². The van der Waals surface area contributed by atoms with Gasteiger partial charge in [-0.2, -0.15) is 0 Å². The van der Waals surface area contributed by atoms with Crippen LogP contribution in [-0.2, 0) is 6.42 Å². The molecule has 1 rings (SSSR count). The Balaban J connectivity index is 3.15. The zero-order chi connectivity index (χ0) is 11.6. The molecule has 0 nitrogen and oxygen atoms in total. The van der Waals surface area contributed by atoms with Crippen molar-refractivity contribution in [3.05, 3.63) is 34.9 Å². The third-order valence-corrected chi connectivity index (χ3v) is 2.43. The maximum Gasteiger partial charge on any atom is 0.0347 e. The molecule has 0 heterocycles. The Labute approximate surface area is 89.8 Å². The summed E-state index contributed by atoms with van der Waals surface area (Å²) in [4.78, 5) is 0.